The average Bonchev–Trinajstić information content (AvgIpc) is 2.81. The van der Waals surface area contributed by atoms with Gasteiger partial charge in [0, 0.05) is 43.4 Å². The highest BCUT2D eigenvalue weighted by Crippen LogP contribution is 2.34. The molecule has 0 saturated carbocycles. The van der Waals surface area contributed by atoms with Gasteiger partial charge < -0.3 is 14.6 Å². The normalized spacial score (nSPS) is 20.3. The predicted molar refractivity (Wildman–Crippen MR) is 70.4 cm³/mol. The van der Waals surface area contributed by atoms with Crippen molar-refractivity contribution < 1.29 is 14.6 Å². The summed E-state index contributed by atoms with van der Waals surface area (Å²) >= 11 is 6.01. The molecule has 0 amide bonds. The lowest BCUT2D eigenvalue weighted by Crippen LogP contribution is -2.22. The lowest BCUT2D eigenvalue weighted by molar-refractivity contribution is 0.107. The van der Waals surface area contributed by atoms with Gasteiger partial charge in [0.2, 0.25) is 0 Å². The van der Waals surface area contributed by atoms with Crippen molar-refractivity contribution in [3.8, 4) is 11.5 Å². The minimum atomic E-state index is 0.169. The Balaban J connectivity index is 2.12. The molecule has 1 fully saturated rings. The van der Waals surface area contributed by atoms with Crippen LogP contribution in [0.15, 0.2) is 12.1 Å². The number of phenolic OH excluding ortho intramolecular Hbond substituents is 1. The predicted octanol–water partition coefficient (Wildman–Crippen LogP) is 2.27. The van der Waals surface area contributed by atoms with E-state index in [0.29, 0.717) is 17.3 Å². The molecule has 0 aromatic heterocycles. The minimum absolute atomic E-state index is 0.169. The maximum atomic E-state index is 10.1. The molecule has 1 N–H and O–H groups in total. The highest BCUT2D eigenvalue weighted by Gasteiger charge is 2.23. The van der Waals surface area contributed by atoms with Crippen LogP contribution >= 0.6 is 11.6 Å². The van der Waals surface area contributed by atoms with Crippen LogP contribution in [0.3, 0.4) is 0 Å². The maximum Gasteiger partial charge on any atom is 0.162 e. The Hall–Kier alpha value is -0.970. The quantitative estimate of drug-likeness (QED) is 0.912. The van der Waals surface area contributed by atoms with Gasteiger partial charge in [-0.25, -0.2) is 0 Å². The molecular formula is C13H18ClNO3. The molecule has 2 rings (SSSR count). The fraction of sp³-hybridized carbons (Fsp3) is 0.538. The summed E-state index contributed by atoms with van der Waals surface area (Å²) in [7, 11) is 3.25. The van der Waals surface area contributed by atoms with E-state index in [2.05, 4.69) is 4.90 Å². The monoisotopic (exact) mass is 271 g/mol. The second kappa shape index (κ2) is 5.78. The Bertz CT molecular complexity index is 425. The number of likely N-dealkylation sites (tertiary alicyclic amines) is 1. The van der Waals surface area contributed by atoms with E-state index in [0.717, 1.165) is 25.1 Å². The summed E-state index contributed by atoms with van der Waals surface area (Å²) in [4.78, 5) is 2.24. The molecule has 0 spiro atoms. The molecule has 1 aliphatic heterocycles. The first kappa shape index (κ1) is 13.5. The summed E-state index contributed by atoms with van der Waals surface area (Å²) in [6.45, 7) is 2.50. The first-order valence-electron chi connectivity index (χ1n) is 5.94. The number of aromatic hydroxyl groups is 1. The van der Waals surface area contributed by atoms with Crippen LogP contribution in [-0.2, 0) is 11.3 Å². The van der Waals surface area contributed by atoms with Gasteiger partial charge in [-0.3, -0.25) is 4.90 Å². The van der Waals surface area contributed by atoms with Gasteiger partial charge in [-0.2, -0.15) is 0 Å². The van der Waals surface area contributed by atoms with Crippen molar-refractivity contribution in [3.05, 3.63) is 22.7 Å². The third-order valence-corrected chi connectivity index (χ3v) is 3.51. The number of hydrogen-bond acceptors (Lipinski definition) is 4. The number of halogens is 1. The van der Waals surface area contributed by atoms with Crippen molar-refractivity contribution in [1.82, 2.24) is 4.90 Å². The van der Waals surface area contributed by atoms with E-state index in [1.54, 1.807) is 19.2 Å². The second-order valence-electron chi connectivity index (χ2n) is 4.50. The molecular weight excluding hydrogens is 254 g/mol. The van der Waals surface area contributed by atoms with E-state index < -0.39 is 0 Å². The molecule has 1 saturated heterocycles. The van der Waals surface area contributed by atoms with E-state index in [1.165, 1.54) is 7.11 Å². The molecule has 1 heterocycles. The van der Waals surface area contributed by atoms with Crippen LogP contribution in [0.5, 0.6) is 11.5 Å². The van der Waals surface area contributed by atoms with E-state index in [-0.39, 0.29) is 11.9 Å². The third kappa shape index (κ3) is 2.88. The smallest absolute Gasteiger partial charge is 0.162 e. The zero-order chi connectivity index (χ0) is 13.1. The third-order valence-electron chi connectivity index (χ3n) is 3.29. The van der Waals surface area contributed by atoms with Gasteiger partial charge in [-0.05, 0) is 12.5 Å². The van der Waals surface area contributed by atoms with Gasteiger partial charge >= 0.3 is 0 Å². The van der Waals surface area contributed by atoms with Crippen molar-refractivity contribution in [2.24, 2.45) is 0 Å². The average molecular weight is 272 g/mol. The Morgan fingerprint density at radius 2 is 2.22 bits per heavy atom. The molecule has 18 heavy (non-hydrogen) atoms. The van der Waals surface area contributed by atoms with E-state index in [9.17, 15) is 5.11 Å². The lowest BCUT2D eigenvalue weighted by atomic mass is 10.1. The number of rotatable bonds is 4. The highest BCUT2D eigenvalue weighted by molar-refractivity contribution is 6.30. The van der Waals surface area contributed by atoms with Crippen molar-refractivity contribution in [1.29, 1.82) is 0 Å². The summed E-state index contributed by atoms with van der Waals surface area (Å²) in [5.41, 5.74) is 0.788. The molecule has 1 aromatic rings. The summed E-state index contributed by atoms with van der Waals surface area (Å²) in [6.07, 6.45) is 1.31. The largest absolute Gasteiger partial charge is 0.504 e. The van der Waals surface area contributed by atoms with Gasteiger partial charge in [-0.15, -0.1) is 0 Å². The topological polar surface area (TPSA) is 41.9 Å². The molecule has 1 aliphatic rings. The fourth-order valence-corrected chi connectivity index (χ4v) is 2.51. The molecule has 0 bridgehead atoms. The van der Waals surface area contributed by atoms with E-state index >= 15 is 0 Å². The minimum Gasteiger partial charge on any atom is -0.504 e. The van der Waals surface area contributed by atoms with E-state index in [4.69, 9.17) is 21.1 Å². The van der Waals surface area contributed by atoms with Crippen LogP contribution in [0, 0.1) is 0 Å². The summed E-state index contributed by atoms with van der Waals surface area (Å²) in [5.74, 6) is 0.586. The zero-order valence-electron chi connectivity index (χ0n) is 10.6. The summed E-state index contributed by atoms with van der Waals surface area (Å²) in [5, 5.41) is 10.6. The van der Waals surface area contributed by atoms with Crippen molar-refractivity contribution in [2.45, 2.75) is 19.1 Å². The van der Waals surface area contributed by atoms with Crippen molar-refractivity contribution in [2.75, 3.05) is 27.3 Å². The van der Waals surface area contributed by atoms with Crippen molar-refractivity contribution in [3.63, 3.8) is 0 Å². The Labute approximate surface area is 112 Å². The Morgan fingerprint density at radius 3 is 2.83 bits per heavy atom. The van der Waals surface area contributed by atoms with Crippen LogP contribution in [0.4, 0.5) is 0 Å². The number of ether oxygens (including phenoxy) is 2. The first-order valence-corrected chi connectivity index (χ1v) is 6.32. The fourth-order valence-electron chi connectivity index (χ4n) is 2.28. The van der Waals surface area contributed by atoms with E-state index in [1.807, 2.05) is 0 Å². The summed E-state index contributed by atoms with van der Waals surface area (Å²) in [6, 6.07) is 3.39. The van der Waals surface area contributed by atoms with Crippen LogP contribution < -0.4 is 4.74 Å². The number of benzene rings is 1. The molecule has 1 unspecified atom stereocenters. The van der Waals surface area contributed by atoms with Gasteiger partial charge in [0.05, 0.1) is 13.2 Å². The highest BCUT2D eigenvalue weighted by atomic mass is 35.5. The van der Waals surface area contributed by atoms with Crippen LogP contribution in [0.25, 0.3) is 0 Å². The molecule has 5 heteroatoms. The van der Waals surface area contributed by atoms with Gasteiger partial charge in [0.1, 0.15) is 0 Å². The number of phenols is 1. The molecule has 1 aromatic carbocycles. The molecule has 1 atom stereocenters. The summed E-state index contributed by atoms with van der Waals surface area (Å²) < 4.78 is 10.4. The van der Waals surface area contributed by atoms with Crippen LogP contribution in [-0.4, -0.2) is 43.4 Å². The van der Waals surface area contributed by atoms with Gasteiger partial charge in [0.25, 0.3) is 0 Å². The molecule has 0 aliphatic carbocycles. The molecule has 0 radical (unpaired) electrons. The molecule has 4 nitrogen and oxygen atoms in total. The zero-order valence-corrected chi connectivity index (χ0v) is 11.4. The first-order chi connectivity index (χ1) is 8.63. The molecule has 100 valence electrons. The van der Waals surface area contributed by atoms with Crippen LogP contribution in [0.1, 0.15) is 12.0 Å². The van der Waals surface area contributed by atoms with Crippen LogP contribution in [0.2, 0.25) is 5.02 Å². The maximum absolute atomic E-state index is 10.1. The van der Waals surface area contributed by atoms with Gasteiger partial charge in [-0.1, -0.05) is 11.6 Å². The van der Waals surface area contributed by atoms with Gasteiger partial charge in [0.15, 0.2) is 11.5 Å². The Kier molecular flexibility index (Phi) is 4.32. The number of nitrogens with zero attached hydrogens (tertiary/aromatic N) is 1. The SMILES string of the molecule is COc1cc(Cl)cc(CN2CCC(OC)C2)c1O. The number of methoxy groups -OCH3 is 2. The standard InChI is InChI=1S/C13H18ClNO3/c1-17-11-3-4-15(8-11)7-9-5-10(14)6-12(18-2)13(9)16/h5-6,11,16H,3-4,7-8H2,1-2H3. The second-order valence-corrected chi connectivity index (χ2v) is 4.93. The lowest BCUT2D eigenvalue weighted by Gasteiger charge is -2.17. The van der Waals surface area contributed by atoms with Crippen molar-refractivity contribution >= 4 is 11.6 Å². The Morgan fingerprint density at radius 1 is 1.44 bits per heavy atom. The number of hydrogen-bond donors (Lipinski definition) is 1.